The highest BCUT2D eigenvalue weighted by atomic mass is 32.3. The predicted octanol–water partition coefficient (Wildman–Crippen LogP) is -2.03. The minimum atomic E-state index is -4.95. The number of carbonyl (C=O) groups is 1. The van der Waals surface area contributed by atoms with Crippen LogP contribution >= 0.6 is 0 Å². The van der Waals surface area contributed by atoms with Gasteiger partial charge in [0.1, 0.15) is 42.7 Å². The number of rotatable bonds is 20. The summed E-state index contributed by atoms with van der Waals surface area (Å²) in [5.74, 6) is -0.540. The van der Waals surface area contributed by atoms with E-state index in [0.29, 0.717) is 6.42 Å². The van der Waals surface area contributed by atoms with Crippen LogP contribution in [-0.2, 0) is 43.1 Å². The van der Waals surface area contributed by atoms with E-state index < -0.39 is 116 Å². The zero-order chi connectivity index (χ0) is 33.8. The molecule has 2 rings (SSSR count). The molecule has 0 aromatic heterocycles. The van der Waals surface area contributed by atoms with Crippen LogP contribution in [0.25, 0.3) is 0 Å². The first-order valence-electron chi connectivity index (χ1n) is 15.2. The molecular formula is C27H51NO16S. The fourth-order valence-electron chi connectivity index (χ4n) is 5.05. The molecule has 0 radical (unpaired) electrons. The molecule has 8 N–H and O–H groups in total. The van der Waals surface area contributed by atoms with Gasteiger partial charge in [-0.1, -0.05) is 39.0 Å². The molecule has 266 valence electrons. The zero-order valence-electron chi connectivity index (χ0n) is 26.0. The van der Waals surface area contributed by atoms with Crippen molar-refractivity contribution in [2.75, 3.05) is 39.6 Å². The average Bonchev–Trinajstić information content (AvgIpc) is 2.99. The third-order valence-electron chi connectivity index (χ3n) is 7.84. The van der Waals surface area contributed by atoms with Crippen LogP contribution in [-0.4, -0.2) is 151 Å². The summed E-state index contributed by atoms with van der Waals surface area (Å²) in [6.45, 7) is 1.04. The number of aliphatic hydroxyl groups is 6. The van der Waals surface area contributed by atoms with Gasteiger partial charge in [-0.05, 0) is 13.3 Å². The van der Waals surface area contributed by atoms with E-state index in [1.54, 1.807) is 0 Å². The van der Waals surface area contributed by atoms with E-state index in [4.69, 9.17) is 28.2 Å². The topological polar surface area (TPSA) is 260 Å². The van der Waals surface area contributed by atoms with Gasteiger partial charge in [0.2, 0.25) is 5.91 Å². The van der Waals surface area contributed by atoms with Crippen LogP contribution in [0, 0.1) is 5.41 Å². The molecule has 18 heteroatoms. The van der Waals surface area contributed by atoms with Crippen LogP contribution in [0.3, 0.4) is 0 Å². The molecule has 17 nitrogen and oxygen atoms in total. The summed E-state index contributed by atoms with van der Waals surface area (Å²) < 4.78 is 65.4. The van der Waals surface area contributed by atoms with Crippen molar-refractivity contribution < 1.29 is 76.3 Å². The quantitative estimate of drug-likeness (QED) is 0.0510. The van der Waals surface area contributed by atoms with Crippen molar-refractivity contribution in [2.24, 2.45) is 5.41 Å². The molecule has 2 saturated heterocycles. The Morgan fingerprint density at radius 2 is 1.51 bits per heavy atom. The normalized spacial score (nSPS) is 32.8. The lowest BCUT2D eigenvalue weighted by molar-refractivity contribution is -0.346. The van der Waals surface area contributed by atoms with Crippen molar-refractivity contribution in [3.05, 3.63) is 0 Å². The Balaban J connectivity index is 2.39. The summed E-state index contributed by atoms with van der Waals surface area (Å²) in [6, 6.07) is -1.17. The first-order chi connectivity index (χ1) is 21.2. The van der Waals surface area contributed by atoms with Gasteiger partial charge < -0.3 is 59.6 Å². The van der Waals surface area contributed by atoms with Crippen molar-refractivity contribution >= 4 is 16.3 Å². The molecule has 0 aromatic carbocycles. The van der Waals surface area contributed by atoms with Crippen LogP contribution in [0.1, 0.15) is 59.3 Å². The summed E-state index contributed by atoms with van der Waals surface area (Å²) in [5.41, 5.74) is -1.79. The Kier molecular flexibility index (Phi) is 17.0. The number of aliphatic hydroxyl groups excluding tert-OH is 6. The lowest BCUT2D eigenvalue weighted by atomic mass is 9.91. The summed E-state index contributed by atoms with van der Waals surface area (Å²) in [6.07, 6.45) is -6.77. The van der Waals surface area contributed by atoms with Crippen molar-refractivity contribution in [1.82, 2.24) is 5.32 Å². The monoisotopic (exact) mass is 677 g/mol. The van der Waals surface area contributed by atoms with Crippen molar-refractivity contribution in [3.63, 3.8) is 0 Å². The average molecular weight is 678 g/mol. The number of amides is 1. The lowest BCUT2D eigenvalue weighted by Gasteiger charge is -2.49. The number of unbranched alkanes of at least 4 members (excludes halogenated alkanes) is 5. The molecule has 10 atom stereocenters. The molecule has 45 heavy (non-hydrogen) atoms. The van der Waals surface area contributed by atoms with E-state index in [2.05, 4.69) is 16.4 Å². The number of nitrogens with one attached hydrogen (secondary N) is 1. The summed E-state index contributed by atoms with van der Waals surface area (Å²) in [4.78, 5) is 12.3. The van der Waals surface area contributed by atoms with Crippen molar-refractivity contribution in [1.29, 1.82) is 0 Å². The molecule has 0 aromatic rings. The highest BCUT2D eigenvalue weighted by Gasteiger charge is 2.52. The first kappa shape index (κ1) is 40.1. The van der Waals surface area contributed by atoms with Gasteiger partial charge >= 0.3 is 10.4 Å². The van der Waals surface area contributed by atoms with E-state index in [1.165, 1.54) is 13.8 Å². The van der Waals surface area contributed by atoms with Gasteiger partial charge in [0.05, 0.1) is 44.6 Å². The largest absolute Gasteiger partial charge is 0.397 e. The second-order valence-electron chi connectivity index (χ2n) is 11.7. The molecule has 2 fully saturated rings. The molecule has 2 heterocycles. The maximum absolute atomic E-state index is 12.3. The SMILES string of the molecule is CCCCCCCCO[C@H]1O[C@@H](CO)[C@@H](OCC(CO)(CO)COS(=O)(=O)O)[C@H](O[C@@H]2OC(C)[C@@H](O)[C@H](O)[C@@H]2O)[C@@H]1NC(C)=O. The molecule has 2 aliphatic heterocycles. The maximum Gasteiger partial charge on any atom is 0.397 e. The van der Waals surface area contributed by atoms with Crippen molar-refractivity contribution in [3.8, 4) is 0 Å². The van der Waals surface area contributed by atoms with E-state index in [0.717, 1.165) is 32.1 Å². The van der Waals surface area contributed by atoms with Gasteiger partial charge in [-0.2, -0.15) is 8.42 Å². The molecule has 0 saturated carbocycles. The Labute approximate surface area is 263 Å². The third kappa shape index (κ3) is 12.1. The molecule has 1 amide bonds. The number of hydrogen-bond acceptors (Lipinski definition) is 15. The van der Waals surface area contributed by atoms with Gasteiger partial charge in [-0.3, -0.25) is 9.35 Å². The van der Waals surface area contributed by atoms with Crippen molar-refractivity contribution in [2.45, 2.75) is 121 Å². The third-order valence-corrected chi connectivity index (χ3v) is 8.26. The highest BCUT2D eigenvalue weighted by molar-refractivity contribution is 7.80. The lowest BCUT2D eigenvalue weighted by Crippen LogP contribution is -2.68. The van der Waals surface area contributed by atoms with Crippen LogP contribution in [0.2, 0.25) is 0 Å². The van der Waals surface area contributed by atoms with E-state index in [1.807, 2.05) is 0 Å². The Hall–Kier alpha value is -1.10. The standard InChI is InChI=1S/C27H51NO16S/c1-4-5-6-7-8-9-10-39-25-19(28-17(3)32)24(44-26-22(35)21(34)20(33)16(2)42-26)23(18(11-29)43-25)40-14-27(12-30,13-31)15-41-45(36,37)38/h16,18-26,29-31,33-35H,4-15H2,1-3H3,(H,28,32)(H,36,37,38)/t16?,18-,19-,20+,21-,22-,23+,24+,25-,26-/m0/s1. The smallest absolute Gasteiger partial charge is 0.396 e. The summed E-state index contributed by atoms with van der Waals surface area (Å²) in [5, 5.41) is 64.1. The van der Waals surface area contributed by atoms with E-state index in [-0.39, 0.29) is 6.61 Å². The van der Waals surface area contributed by atoms with Crippen LogP contribution in [0.15, 0.2) is 0 Å². The summed E-state index contributed by atoms with van der Waals surface area (Å²) in [7, 11) is -4.95. The number of hydrogen-bond donors (Lipinski definition) is 8. The molecule has 0 bridgehead atoms. The predicted molar refractivity (Wildman–Crippen MR) is 154 cm³/mol. The van der Waals surface area contributed by atoms with Gasteiger partial charge in [0.15, 0.2) is 12.6 Å². The fourth-order valence-corrected chi connectivity index (χ4v) is 5.45. The zero-order valence-corrected chi connectivity index (χ0v) is 26.8. The molecule has 0 spiro atoms. The van der Waals surface area contributed by atoms with Gasteiger partial charge in [0, 0.05) is 13.5 Å². The van der Waals surface area contributed by atoms with Crippen LogP contribution in [0.4, 0.5) is 0 Å². The Morgan fingerprint density at radius 1 is 0.867 bits per heavy atom. The molecule has 1 unspecified atom stereocenters. The van der Waals surface area contributed by atoms with Crippen LogP contribution < -0.4 is 5.32 Å². The number of carbonyl (C=O) groups excluding carboxylic acids is 1. The van der Waals surface area contributed by atoms with Gasteiger partial charge in [0.25, 0.3) is 0 Å². The minimum Gasteiger partial charge on any atom is -0.396 e. The highest BCUT2D eigenvalue weighted by Crippen LogP contribution is 2.32. The molecule has 0 aliphatic carbocycles. The maximum atomic E-state index is 12.3. The number of ether oxygens (including phenoxy) is 5. The summed E-state index contributed by atoms with van der Waals surface area (Å²) >= 11 is 0. The second kappa shape index (κ2) is 19.0. The van der Waals surface area contributed by atoms with E-state index >= 15 is 0 Å². The van der Waals surface area contributed by atoms with E-state index in [9.17, 15) is 43.9 Å². The second-order valence-corrected chi connectivity index (χ2v) is 12.7. The Bertz CT molecular complexity index is 968. The van der Waals surface area contributed by atoms with Gasteiger partial charge in [-0.15, -0.1) is 0 Å². The molecular weight excluding hydrogens is 626 g/mol. The first-order valence-corrected chi connectivity index (χ1v) is 16.5. The Morgan fingerprint density at radius 3 is 2.09 bits per heavy atom. The minimum absolute atomic E-state index is 0.221. The van der Waals surface area contributed by atoms with Gasteiger partial charge in [-0.25, -0.2) is 4.18 Å². The molecule has 2 aliphatic rings. The van der Waals surface area contributed by atoms with Crippen LogP contribution in [0.5, 0.6) is 0 Å². The fraction of sp³-hybridized carbons (Fsp3) is 0.963.